The third-order valence-corrected chi connectivity index (χ3v) is 4.29. The van der Waals surface area contributed by atoms with Crippen LogP contribution in [0.15, 0.2) is 29.4 Å². The molecule has 1 saturated heterocycles. The summed E-state index contributed by atoms with van der Waals surface area (Å²) in [4.78, 5) is 2.25. The van der Waals surface area contributed by atoms with Crippen molar-refractivity contribution < 1.29 is 4.74 Å². The van der Waals surface area contributed by atoms with Crippen molar-refractivity contribution in [2.75, 3.05) is 37.0 Å². The second-order valence-electron chi connectivity index (χ2n) is 4.99. The van der Waals surface area contributed by atoms with E-state index in [9.17, 15) is 0 Å². The number of aromatic nitrogens is 3. The summed E-state index contributed by atoms with van der Waals surface area (Å²) < 4.78 is 7.58. The molecule has 0 radical (unpaired) electrons. The van der Waals surface area contributed by atoms with Crippen molar-refractivity contribution >= 4 is 17.7 Å². The normalized spacial score (nSPS) is 15.4. The molecule has 0 unspecified atom stereocenters. The fourth-order valence-corrected chi connectivity index (χ4v) is 3.05. The first-order chi connectivity index (χ1) is 10.3. The fraction of sp³-hybridized carbons (Fsp3) is 0.467. The maximum Gasteiger partial charge on any atom is 0.232 e. The largest absolute Gasteiger partial charge is 0.378 e. The van der Waals surface area contributed by atoms with Crippen molar-refractivity contribution in [2.45, 2.75) is 19.0 Å². The zero-order valence-corrected chi connectivity index (χ0v) is 13.3. The minimum Gasteiger partial charge on any atom is -0.378 e. The molecule has 112 valence electrons. The molecule has 1 fully saturated rings. The summed E-state index contributed by atoms with van der Waals surface area (Å²) in [6, 6.07) is 8.50. The third kappa shape index (κ3) is 3.06. The lowest BCUT2D eigenvalue weighted by Crippen LogP contribution is -2.37. The maximum atomic E-state index is 5.43. The fourth-order valence-electron chi connectivity index (χ4n) is 2.37. The molecule has 1 aliphatic heterocycles. The quantitative estimate of drug-likeness (QED) is 0.812. The summed E-state index contributed by atoms with van der Waals surface area (Å²) in [5.41, 5.74) is 2.37. The van der Waals surface area contributed by atoms with Crippen LogP contribution in [0.5, 0.6) is 0 Å². The number of anilines is 1. The van der Waals surface area contributed by atoms with E-state index >= 15 is 0 Å². The van der Waals surface area contributed by atoms with Gasteiger partial charge in [-0.15, -0.1) is 10.2 Å². The molecular weight excluding hydrogens is 284 g/mol. The van der Waals surface area contributed by atoms with Crippen molar-refractivity contribution in [3.8, 4) is 5.69 Å². The Balaban J connectivity index is 2.01. The van der Waals surface area contributed by atoms with Gasteiger partial charge >= 0.3 is 0 Å². The van der Waals surface area contributed by atoms with Crippen LogP contribution in [0.2, 0.25) is 0 Å². The number of nitrogens with zero attached hydrogens (tertiary/aromatic N) is 4. The number of hydrogen-bond acceptors (Lipinski definition) is 5. The Morgan fingerprint density at radius 1 is 1.14 bits per heavy atom. The highest BCUT2D eigenvalue weighted by Crippen LogP contribution is 2.27. The first-order valence-electron chi connectivity index (χ1n) is 7.27. The highest BCUT2D eigenvalue weighted by molar-refractivity contribution is 7.99. The topological polar surface area (TPSA) is 43.2 Å². The van der Waals surface area contributed by atoms with E-state index in [-0.39, 0.29) is 0 Å². The number of thioether (sulfide) groups is 1. The van der Waals surface area contributed by atoms with Gasteiger partial charge in [-0.2, -0.15) is 0 Å². The van der Waals surface area contributed by atoms with Gasteiger partial charge in [0, 0.05) is 13.1 Å². The zero-order chi connectivity index (χ0) is 14.7. The molecule has 0 amide bonds. The molecule has 0 atom stereocenters. The van der Waals surface area contributed by atoms with Gasteiger partial charge < -0.3 is 9.64 Å². The van der Waals surface area contributed by atoms with Crippen LogP contribution in [0, 0.1) is 6.92 Å². The lowest BCUT2D eigenvalue weighted by atomic mass is 10.2. The van der Waals surface area contributed by atoms with Crippen LogP contribution in [0.4, 0.5) is 5.95 Å². The Morgan fingerprint density at radius 3 is 2.52 bits per heavy atom. The summed E-state index contributed by atoms with van der Waals surface area (Å²) in [5, 5.41) is 9.74. The molecule has 0 aliphatic carbocycles. The molecule has 3 rings (SSSR count). The molecule has 0 spiro atoms. The van der Waals surface area contributed by atoms with E-state index in [2.05, 4.69) is 57.8 Å². The van der Waals surface area contributed by atoms with Crippen molar-refractivity contribution in [1.29, 1.82) is 0 Å². The zero-order valence-electron chi connectivity index (χ0n) is 12.5. The highest BCUT2D eigenvalue weighted by atomic mass is 32.2. The molecule has 0 N–H and O–H groups in total. The summed E-state index contributed by atoms with van der Waals surface area (Å²) in [7, 11) is 0. The van der Waals surface area contributed by atoms with E-state index in [0.29, 0.717) is 0 Å². The van der Waals surface area contributed by atoms with E-state index in [1.807, 2.05) is 0 Å². The van der Waals surface area contributed by atoms with Crippen LogP contribution in [0.1, 0.15) is 12.5 Å². The number of hydrogen-bond donors (Lipinski definition) is 0. The summed E-state index contributed by atoms with van der Waals surface area (Å²) in [6.07, 6.45) is 0. The molecule has 5 nitrogen and oxygen atoms in total. The highest BCUT2D eigenvalue weighted by Gasteiger charge is 2.21. The Hall–Kier alpha value is -1.53. The van der Waals surface area contributed by atoms with Crippen LogP contribution < -0.4 is 4.90 Å². The van der Waals surface area contributed by atoms with Crippen molar-refractivity contribution in [3.63, 3.8) is 0 Å². The molecule has 21 heavy (non-hydrogen) atoms. The monoisotopic (exact) mass is 304 g/mol. The maximum absolute atomic E-state index is 5.43. The number of ether oxygens (including phenoxy) is 1. The number of aryl methyl sites for hydroxylation is 1. The van der Waals surface area contributed by atoms with E-state index in [1.54, 1.807) is 11.8 Å². The van der Waals surface area contributed by atoms with Gasteiger partial charge in [-0.3, -0.25) is 4.57 Å². The Morgan fingerprint density at radius 2 is 1.86 bits per heavy atom. The van der Waals surface area contributed by atoms with Gasteiger partial charge in [0.05, 0.1) is 18.9 Å². The number of rotatable bonds is 4. The Kier molecular flexibility index (Phi) is 4.45. The average Bonchev–Trinajstić information content (AvgIpc) is 2.93. The molecule has 1 aliphatic rings. The lowest BCUT2D eigenvalue weighted by molar-refractivity contribution is 0.122. The molecule has 0 bridgehead atoms. The molecule has 1 aromatic heterocycles. The minimum absolute atomic E-state index is 0.747. The van der Waals surface area contributed by atoms with E-state index in [1.165, 1.54) is 5.56 Å². The summed E-state index contributed by atoms with van der Waals surface area (Å²) in [6.45, 7) is 7.45. The summed E-state index contributed by atoms with van der Waals surface area (Å²) >= 11 is 1.72. The molecular formula is C15H20N4OS. The van der Waals surface area contributed by atoms with Crippen LogP contribution in [-0.2, 0) is 4.74 Å². The van der Waals surface area contributed by atoms with E-state index in [4.69, 9.17) is 4.74 Å². The van der Waals surface area contributed by atoms with Gasteiger partial charge in [-0.1, -0.05) is 36.4 Å². The first-order valence-corrected chi connectivity index (χ1v) is 8.26. The van der Waals surface area contributed by atoms with Gasteiger partial charge in [0.15, 0.2) is 5.16 Å². The second-order valence-corrected chi connectivity index (χ2v) is 6.22. The van der Waals surface area contributed by atoms with E-state index in [0.717, 1.165) is 48.8 Å². The molecule has 0 saturated carbocycles. The van der Waals surface area contributed by atoms with Crippen molar-refractivity contribution in [1.82, 2.24) is 14.8 Å². The van der Waals surface area contributed by atoms with Gasteiger partial charge in [-0.05, 0) is 24.8 Å². The molecule has 6 heteroatoms. The van der Waals surface area contributed by atoms with Gasteiger partial charge in [-0.25, -0.2) is 0 Å². The van der Waals surface area contributed by atoms with Crippen LogP contribution >= 0.6 is 11.8 Å². The smallest absolute Gasteiger partial charge is 0.232 e. The third-order valence-electron chi connectivity index (χ3n) is 3.48. The van der Waals surface area contributed by atoms with E-state index < -0.39 is 0 Å². The standard InChI is InChI=1S/C15H20N4OS/c1-3-21-15-17-16-14(18-8-10-20-11-9-18)19(15)13-6-4-12(2)5-7-13/h4-7H,3,8-11H2,1-2H3. The minimum atomic E-state index is 0.747. The molecule has 2 heterocycles. The molecule has 2 aromatic rings. The predicted molar refractivity (Wildman–Crippen MR) is 85.5 cm³/mol. The first kappa shape index (κ1) is 14.4. The van der Waals surface area contributed by atoms with Crippen molar-refractivity contribution in [3.05, 3.63) is 29.8 Å². The van der Waals surface area contributed by atoms with Gasteiger partial charge in [0.2, 0.25) is 5.95 Å². The number of benzene rings is 1. The van der Waals surface area contributed by atoms with Crippen LogP contribution in [-0.4, -0.2) is 46.8 Å². The Labute approximate surface area is 129 Å². The SMILES string of the molecule is CCSc1nnc(N2CCOCC2)n1-c1ccc(C)cc1. The van der Waals surface area contributed by atoms with Gasteiger partial charge in [0.1, 0.15) is 0 Å². The second kappa shape index (κ2) is 6.49. The predicted octanol–water partition coefficient (Wildman–Crippen LogP) is 2.52. The summed E-state index contributed by atoms with van der Waals surface area (Å²) in [5.74, 6) is 1.89. The van der Waals surface area contributed by atoms with Crippen LogP contribution in [0.3, 0.4) is 0 Å². The Bertz CT molecular complexity index is 590. The molecule has 1 aromatic carbocycles. The van der Waals surface area contributed by atoms with Gasteiger partial charge in [0.25, 0.3) is 0 Å². The number of morpholine rings is 1. The lowest BCUT2D eigenvalue weighted by Gasteiger charge is -2.27. The van der Waals surface area contributed by atoms with Crippen molar-refractivity contribution in [2.24, 2.45) is 0 Å². The average molecular weight is 304 g/mol. The van der Waals surface area contributed by atoms with Crippen LogP contribution in [0.25, 0.3) is 5.69 Å².